The van der Waals surface area contributed by atoms with Gasteiger partial charge in [0.15, 0.2) is 6.10 Å². The Labute approximate surface area is 65.2 Å². The zero-order valence-electron chi connectivity index (χ0n) is 6.29. The van der Waals surface area contributed by atoms with Crippen LogP contribution >= 0.6 is 0 Å². The predicted octanol–water partition coefficient (Wildman–Crippen LogP) is -0.426. The summed E-state index contributed by atoms with van der Waals surface area (Å²) < 4.78 is 0. The van der Waals surface area contributed by atoms with Crippen LogP contribution in [0.1, 0.15) is 19.3 Å². The number of carboxylic acids is 1. The summed E-state index contributed by atoms with van der Waals surface area (Å²) in [5.74, 6) is -1.13. The Morgan fingerprint density at radius 2 is 2.27 bits per heavy atom. The zero-order valence-corrected chi connectivity index (χ0v) is 6.29. The Morgan fingerprint density at radius 1 is 1.55 bits per heavy atom. The van der Waals surface area contributed by atoms with Crippen LogP contribution in [0.5, 0.6) is 0 Å². The predicted molar refractivity (Wildman–Crippen MR) is 39.3 cm³/mol. The highest BCUT2D eigenvalue weighted by Gasteiger charge is 2.26. The smallest absolute Gasteiger partial charge is 0.334 e. The Balaban J connectivity index is 2.38. The minimum absolute atomic E-state index is 0.249. The summed E-state index contributed by atoms with van der Waals surface area (Å²) in [4.78, 5) is 10.3. The first-order valence-corrected chi connectivity index (χ1v) is 3.86. The van der Waals surface area contributed by atoms with E-state index in [-0.39, 0.29) is 6.04 Å². The molecule has 4 nitrogen and oxygen atoms in total. The van der Waals surface area contributed by atoms with Crippen molar-refractivity contribution < 1.29 is 15.0 Å². The summed E-state index contributed by atoms with van der Waals surface area (Å²) in [5.41, 5.74) is 0. The number of rotatable bonds is 2. The van der Waals surface area contributed by atoms with Gasteiger partial charge in [-0.3, -0.25) is 0 Å². The molecular weight excluding hydrogens is 146 g/mol. The average molecular weight is 159 g/mol. The molecule has 1 heterocycles. The standard InChI is InChI=1S/C7H13NO3/c9-6(7(10)11)5-3-1-2-4-8-5/h5-6,8-9H,1-4H2,(H,10,11)/t5-,6-/m1/s1. The van der Waals surface area contributed by atoms with E-state index in [0.29, 0.717) is 0 Å². The van der Waals surface area contributed by atoms with Crippen LogP contribution in [0.2, 0.25) is 0 Å². The Kier molecular flexibility index (Phi) is 2.84. The fraction of sp³-hybridized carbons (Fsp3) is 0.857. The maximum Gasteiger partial charge on any atom is 0.334 e. The number of carbonyl (C=O) groups is 1. The molecule has 1 aliphatic heterocycles. The number of aliphatic carboxylic acids is 1. The van der Waals surface area contributed by atoms with Gasteiger partial charge in [0.2, 0.25) is 0 Å². The van der Waals surface area contributed by atoms with Crippen molar-refractivity contribution >= 4 is 5.97 Å². The zero-order chi connectivity index (χ0) is 8.27. The van der Waals surface area contributed by atoms with E-state index in [1.54, 1.807) is 0 Å². The van der Waals surface area contributed by atoms with Gasteiger partial charge >= 0.3 is 5.97 Å². The monoisotopic (exact) mass is 159 g/mol. The van der Waals surface area contributed by atoms with E-state index in [1.807, 2.05) is 0 Å². The van der Waals surface area contributed by atoms with Crippen LogP contribution in [0.25, 0.3) is 0 Å². The second-order valence-electron chi connectivity index (χ2n) is 2.84. The minimum Gasteiger partial charge on any atom is -0.479 e. The molecule has 0 unspecified atom stereocenters. The molecule has 3 N–H and O–H groups in total. The first kappa shape index (κ1) is 8.49. The van der Waals surface area contributed by atoms with Crippen LogP contribution in [0.15, 0.2) is 0 Å². The third kappa shape index (κ3) is 2.17. The lowest BCUT2D eigenvalue weighted by Crippen LogP contribution is -2.46. The van der Waals surface area contributed by atoms with Crippen LogP contribution in [-0.2, 0) is 4.79 Å². The van der Waals surface area contributed by atoms with Crippen molar-refractivity contribution in [3.63, 3.8) is 0 Å². The fourth-order valence-corrected chi connectivity index (χ4v) is 1.32. The summed E-state index contributed by atoms with van der Waals surface area (Å²) in [7, 11) is 0. The first-order chi connectivity index (χ1) is 5.22. The number of carboxylic acid groups (broad SMARTS) is 1. The largest absolute Gasteiger partial charge is 0.479 e. The van der Waals surface area contributed by atoms with Crippen molar-refractivity contribution in [2.24, 2.45) is 0 Å². The number of hydrogen-bond donors (Lipinski definition) is 3. The van der Waals surface area contributed by atoms with Crippen LogP contribution in [0, 0.1) is 0 Å². The molecule has 1 fully saturated rings. The summed E-state index contributed by atoms with van der Waals surface area (Å²) in [5, 5.41) is 20.5. The molecule has 0 aromatic heterocycles. The molecule has 0 aromatic rings. The Hall–Kier alpha value is -0.610. The highest BCUT2D eigenvalue weighted by atomic mass is 16.4. The topological polar surface area (TPSA) is 69.6 Å². The van der Waals surface area contributed by atoms with Crippen LogP contribution in [0.4, 0.5) is 0 Å². The number of aliphatic hydroxyl groups excluding tert-OH is 1. The summed E-state index contributed by atoms with van der Waals surface area (Å²) in [6.45, 7) is 0.814. The van der Waals surface area contributed by atoms with E-state index in [0.717, 1.165) is 25.8 Å². The SMILES string of the molecule is O=C(O)[C@H](O)[C@H]1CCCCN1. The molecule has 0 amide bonds. The van der Waals surface area contributed by atoms with E-state index >= 15 is 0 Å². The molecule has 0 saturated carbocycles. The van der Waals surface area contributed by atoms with Crippen molar-refractivity contribution in [2.45, 2.75) is 31.4 Å². The maximum absolute atomic E-state index is 10.3. The highest BCUT2D eigenvalue weighted by molar-refractivity contribution is 5.72. The van der Waals surface area contributed by atoms with Gasteiger partial charge in [-0.15, -0.1) is 0 Å². The highest BCUT2D eigenvalue weighted by Crippen LogP contribution is 2.10. The van der Waals surface area contributed by atoms with Crippen molar-refractivity contribution in [3.8, 4) is 0 Å². The van der Waals surface area contributed by atoms with Crippen molar-refractivity contribution in [1.29, 1.82) is 0 Å². The van der Waals surface area contributed by atoms with Gasteiger partial charge in [0.05, 0.1) is 0 Å². The molecule has 1 aliphatic rings. The van der Waals surface area contributed by atoms with E-state index in [1.165, 1.54) is 0 Å². The molecule has 4 heteroatoms. The van der Waals surface area contributed by atoms with Crippen LogP contribution in [-0.4, -0.2) is 34.9 Å². The minimum atomic E-state index is -1.24. The van der Waals surface area contributed by atoms with Crippen molar-refractivity contribution in [2.75, 3.05) is 6.54 Å². The quantitative estimate of drug-likeness (QED) is 0.511. The van der Waals surface area contributed by atoms with Gasteiger partial charge < -0.3 is 15.5 Å². The third-order valence-electron chi connectivity index (χ3n) is 1.98. The molecule has 0 aliphatic carbocycles. The van der Waals surface area contributed by atoms with Gasteiger partial charge in [0.25, 0.3) is 0 Å². The summed E-state index contributed by atoms with van der Waals surface area (Å²) in [6.07, 6.45) is 1.59. The normalized spacial score (nSPS) is 27.9. The average Bonchev–Trinajstić information content (AvgIpc) is 2.05. The molecule has 0 bridgehead atoms. The summed E-state index contributed by atoms with van der Waals surface area (Å²) in [6, 6.07) is -0.249. The molecular formula is C7H13NO3. The molecule has 0 radical (unpaired) electrons. The van der Waals surface area contributed by atoms with Gasteiger partial charge in [-0.05, 0) is 19.4 Å². The Bertz CT molecular complexity index is 143. The number of piperidine rings is 1. The second kappa shape index (κ2) is 3.69. The van der Waals surface area contributed by atoms with E-state index in [2.05, 4.69) is 5.32 Å². The van der Waals surface area contributed by atoms with Crippen molar-refractivity contribution in [3.05, 3.63) is 0 Å². The number of hydrogen-bond acceptors (Lipinski definition) is 3. The Morgan fingerprint density at radius 3 is 2.73 bits per heavy atom. The number of aliphatic hydroxyl groups is 1. The van der Waals surface area contributed by atoms with E-state index in [4.69, 9.17) is 10.2 Å². The lowest BCUT2D eigenvalue weighted by atomic mass is 10.0. The number of nitrogens with one attached hydrogen (secondary N) is 1. The third-order valence-corrected chi connectivity index (χ3v) is 1.98. The molecule has 11 heavy (non-hydrogen) atoms. The second-order valence-corrected chi connectivity index (χ2v) is 2.84. The van der Waals surface area contributed by atoms with Gasteiger partial charge in [-0.1, -0.05) is 6.42 Å². The lowest BCUT2D eigenvalue weighted by molar-refractivity contribution is -0.148. The van der Waals surface area contributed by atoms with Gasteiger partial charge in [-0.2, -0.15) is 0 Å². The fourth-order valence-electron chi connectivity index (χ4n) is 1.32. The molecule has 0 aromatic carbocycles. The van der Waals surface area contributed by atoms with Gasteiger partial charge in [0.1, 0.15) is 0 Å². The van der Waals surface area contributed by atoms with E-state index in [9.17, 15) is 4.79 Å². The molecule has 0 spiro atoms. The lowest BCUT2D eigenvalue weighted by Gasteiger charge is -2.25. The molecule has 1 rings (SSSR count). The summed E-state index contributed by atoms with van der Waals surface area (Å²) >= 11 is 0. The first-order valence-electron chi connectivity index (χ1n) is 3.86. The van der Waals surface area contributed by atoms with Crippen LogP contribution < -0.4 is 5.32 Å². The molecule has 1 saturated heterocycles. The van der Waals surface area contributed by atoms with Gasteiger partial charge in [-0.25, -0.2) is 4.79 Å². The van der Waals surface area contributed by atoms with Gasteiger partial charge in [0, 0.05) is 6.04 Å². The van der Waals surface area contributed by atoms with Crippen molar-refractivity contribution in [1.82, 2.24) is 5.32 Å². The van der Waals surface area contributed by atoms with E-state index < -0.39 is 12.1 Å². The molecule has 2 atom stereocenters. The maximum atomic E-state index is 10.3. The van der Waals surface area contributed by atoms with Crippen LogP contribution in [0.3, 0.4) is 0 Å². The molecule has 64 valence electrons.